The number of carbonyl (C=O) groups excluding carboxylic acids is 1. The maximum atomic E-state index is 12.1. The lowest BCUT2D eigenvalue weighted by molar-refractivity contribution is -0.123. The number of anilines is 2. The van der Waals surface area contributed by atoms with Crippen LogP contribution in [0.5, 0.6) is 0 Å². The van der Waals surface area contributed by atoms with E-state index in [0.29, 0.717) is 5.69 Å². The van der Waals surface area contributed by atoms with E-state index in [-0.39, 0.29) is 5.91 Å². The molecule has 24 heavy (non-hydrogen) atoms. The summed E-state index contributed by atoms with van der Waals surface area (Å²) in [6, 6.07) is 13.5. The lowest BCUT2D eigenvalue weighted by Gasteiger charge is -2.17. The van der Waals surface area contributed by atoms with E-state index in [1.54, 1.807) is 0 Å². The largest absolute Gasteiger partial charge is 0.399 e. The van der Waals surface area contributed by atoms with E-state index in [2.05, 4.69) is 16.4 Å². The fraction of sp³-hybridized carbons (Fsp3) is 0.300. The quantitative estimate of drug-likeness (QED) is 0.490. The van der Waals surface area contributed by atoms with Gasteiger partial charge in [-0.3, -0.25) is 4.79 Å². The number of aromatic nitrogens is 1. The second-order valence-corrected chi connectivity index (χ2v) is 6.55. The first-order valence-electron chi connectivity index (χ1n) is 8.24. The third-order valence-electron chi connectivity index (χ3n) is 3.58. The van der Waals surface area contributed by atoms with Gasteiger partial charge in [0.2, 0.25) is 5.91 Å². The van der Waals surface area contributed by atoms with Crippen LogP contribution in [0.3, 0.4) is 0 Å². The molecule has 3 aromatic rings. The fourth-order valence-corrected chi connectivity index (χ4v) is 2.24. The van der Waals surface area contributed by atoms with Crippen molar-refractivity contribution >= 4 is 39.1 Å². The number of nitrogens with two attached hydrogens (primary N) is 1. The Balaban J connectivity index is 0.00000100. The van der Waals surface area contributed by atoms with Gasteiger partial charge in [-0.2, -0.15) is 0 Å². The topological polar surface area (TPSA) is 68.0 Å². The molecule has 0 radical (unpaired) electrons. The second-order valence-electron chi connectivity index (χ2n) is 6.55. The average Bonchev–Trinajstić information content (AvgIpc) is 2.54. The first-order valence-corrected chi connectivity index (χ1v) is 8.24. The number of rotatable bonds is 1. The molecule has 0 aliphatic heterocycles. The van der Waals surface area contributed by atoms with E-state index in [4.69, 9.17) is 5.73 Å². The maximum Gasteiger partial charge on any atom is 0.229 e. The Morgan fingerprint density at radius 1 is 0.958 bits per heavy atom. The number of amides is 1. The van der Waals surface area contributed by atoms with E-state index in [1.165, 1.54) is 0 Å². The molecule has 3 rings (SSSR count). The Kier molecular flexibility index (Phi) is 5.07. The predicted octanol–water partition coefficient (Wildman–Crippen LogP) is 4.98. The van der Waals surface area contributed by atoms with Gasteiger partial charge >= 0.3 is 0 Å². The number of hydrogen-bond donors (Lipinski definition) is 2. The summed E-state index contributed by atoms with van der Waals surface area (Å²) in [5, 5.41) is 5.01. The zero-order valence-electron chi connectivity index (χ0n) is 15.0. The molecule has 0 fully saturated rings. The summed E-state index contributed by atoms with van der Waals surface area (Å²) in [5.41, 5.74) is 8.52. The molecule has 0 saturated carbocycles. The number of nitrogens with zero attached hydrogens (tertiary/aromatic N) is 1. The minimum atomic E-state index is -0.430. The van der Waals surface area contributed by atoms with Gasteiger partial charge in [-0.25, -0.2) is 4.98 Å². The molecule has 3 N–H and O–H groups in total. The molecule has 4 heteroatoms. The van der Waals surface area contributed by atoms with Gasteiger partial charge in [0.15, 0.2) is 0 Å². The molecule has 4 nitrogen and oxygen atoms in total. The Bertz CT molecular complexity index is 879. The van der Waals surface area contributed by atoms with Crippen LogP contribution in [0.4, 0.5) is 11.4 Å². The van der Waals surface area contributed by atoms with Gasteiger partial charge in [0.1, 0.15) is 0 Å². The number of fused-ring (bicyclic) bond motifs is 2. The molecule has 1 aromatic heterocycles. The molecule has 0 bridgehead atoms. The molecule has 0 atom stereocenters. The van der Waals surface area contributed by atoms with Crippen LogP contribution in [0.1, 0.15) is 34.6 Å². The zero-order chi connectivity index (χ0) is 17.9. The van der Waals surface area contributed by atoms with Gasteiger partial charge in [-0.05, 0) is 30.3 Å². The minimum absolute atomic E-state index is 0.0168. The zero-order valence-corrected chi connectivity index (χ0v) is 15.0. The van der Waals surface area contributed by atoms with Crippen molar-refractivity contribution in [1.29, 1.82) is 0 Å². The van der Waals surface area contributed by atoms with Gasteiger partial charge in [-0.1, -0.05) is 46.8 Å². The van der Waals surface area contributed by atoms with Gasteiger partial charge in [0.25, 0.3) is 0 Å². The molecule has 126 valence electrons. The molecule has 0 aliphatic carbocycles. The van der Waals surface area contributed by atoms with E-state index >= 15 is 0 Å². The summed E-state index contributed by atoms with van der Waals surface area (Å²) in [6.07, 6.45) is 0. The van der Waals surface area contributed by atoms with Crippen LogP contribution in [-0.2, 0) is 4.79 Å². The highest BCUT2D eigenvalue weighted by atomic mass is 16.2. The van der Waals surface area contributed by atoms with E-state index in [1.807, 2.05) is 71.0 Å². The highest BCUT2D eigenvalue weighted by molar-refractivity contribution is 5.98. The standard InChI is InChI=1S/C18H19N3O.C2H6/c1-18(2,3)17(22)20-14-7-5-12-8-11-4-6-13(19)9-15(11)21-16(12)10-14;1-2/h4-10H,19H2,1-3H3,(H,20,22);1-2H3. The smallest absolute Gasteiger partial charge is 0.229 e. The molecule has 2 aromatic carbocycles. The summed E-state index contributed by atoms with van der Waals surface area (Å²) in [7, 11) is 0. The van der Waals surface area contributed by atoms with Gasteiger partial charge in [0, 0.05) is 27.6 Å². The van der Waals surface area contributed by atoms with Crippen LogP contribution >= 0.6 is 0 Å². The molecule has 1 amide bonds. The van der Waals surface area contributed by atoms with E-state index in [0.717, 1.165) is 27.5 Å². The summed E-state index contributed by atoms with van der Waals surface area (Å²) >= 11 is 0. The number of benzene rings is 2. The van der Waals surface area contributed by atoms with Crippen LogP contribution in [0.15, 0.2) is 42.5 Å². The molecule has 0 aliphatic rings. The van der Waals surface area contributed by atoms with E-state index in [9.17, 15) is 4.79 Å². The monoisotopic (exact) mass is 323 g/mol. The second kappa shape index (κ2) is 6.87. The van der Waals surface area contributed by atoms with Crippen LogP contribution in [0.2, 0.25) is 0 Å². The molecule has 0 unspecified atom stereocenters. The number of carbonyl (C=O) groups is 1. The van der Waals surface area contributed by atoms with Crippen molar-refractivity contribution in [2.24, 2.45) is 5.41 Å². The Hall–Kier alpha value is -2.62. The van der Waals surface area contributed by atoms with Gasteiger partial charge in [-0.15, -0.1) is 0 Å². The SMILES string of the molecule is CC.CC(C)(C)C(=O)Nc1ccc2cc3ccc(N)cc3nc2c1. The Morgan fingerprint density at radius 2 is 1.54 bits per heavy atom. The van der Waals surface area contributed by atoms with Crippen LogP contribution in [0, 0.1) is 5.41 Å². The van der Waals surface area contributed by atoms with Crippen LogP contribution < -0.4 is 11.1 Å². The highest BCUT2D eigenvalue weighted by Gasteiger charge is 2.21. The summed E-state index contributed by atoms with van der Waals surface area (Å²) in [5.74, 6) is -0.0168. The first kappa shape index (κ1) is 17.7. The number of nitrogens with one attached hydrogen (secondary N) is 1. The third-order valence-corrected chi connectivity index (χ3v) is 3.58. The summed E-state index contributed by atoms with van der Waals surface area (Å²) in [4.78, 5) is 16.7. The highest BCUT2D eigenvalue weighted by Crippen LogP contribution is 2.25. The normalized spacial score (nSPS) is 11.0. The van der Waals surface area contributed by atoms with Crippen molar-refractivity contribution in [2.75, 3.05) is 11.1 Å². The van der Waals surface area contributed by atoms with Gasteiger partial charge in [0.05, 0.1) is 11.0 Å². The van der Waals surface area contributed by atoms with Crippen molar-refractivity contribution in [3.63, 3.8) is 0 Å². The minimum Gasteiger partial charge on any atom is -0.399 e. The average molecular weight is 323 g/mol. The molecule has 0 saturated heterocycles. The van der Waals surface area contributed by atoms with Gasteiger partial charge < -0.3 is 11.1 Å². The molecular weight excluding hydrogens is 298 g/mol. The van der Waals surface area contributed by atoms with E-state index < -0.39 is 5.41 Å². The Labute approximate surface area is 143 Å². The number of hydrogen-bond acceptors (Lipinski definition) is 3. The first-order chi connectivity index (χ1) is 11.3. The van der Waals surface area contributed by atoms with Crippen molar-refractivity contribution in [1.82, 2.24) is 4.98 Å². The predicted molar refractivity (Wildman–Crippen MR) is 103 cm³/mol. The lowest BCUT2D eigenvalue weighted by Crippen LogP contribution is -2.27. The third kappa shape index (κ3) is 3.82. The summed E-state index contributed by atoms with van der Waals surface area (Å²) < 4.78 is 0. The lowest BCUT2D eigenvalue weighted by atomic mass is 9.95. The van der Waals surface area contributed by atoms with Crippen LogP contribution in [0.25, 0.3) is 21.8 Å². The van der Waals surface area contributed by atoms with Crippen molar-refractivity contribution in [2.45, 2.75) is 34.6 Å². The number of pyridine rings is 1. The van der Waals surface area contributed by atoms with Crippen LogP contribution in [-0.4, -0.2) is 10.9 Å². The van der Waals surface area contributed by atoms with Crippen molar-refractivity contribution in [3.05, 3.63) is 42.5 Å². The molecule has 1 heterocycles. The summed E-state index contributed by atoms with van der Waals surface area (Å²) in [6.45, 7) is 9.66. The molecule has 0 spiro atoms. The fourth-order valence-electron chi connectivity index (χ4n) is 2.24. The van der Waals surface area contributed by atoms with Crippen molar-refractivity contribution in [3.8, 4) is 0 Å². The van der Waals surface area contributed by atoms with Crippen molar-refractivity contribution < 1.29 is 4.79 Å². The maximum absolute atomic E-state index is 12.1. The molecular formula is C20H25N3O. The Morgan fingerprint density at radius 3 is 2.17 bits per heavy atom. The number of nitrogen functional groups attached to an aromatic ring is 1.